The van der Waals surface area contributed by atoms with Gasteiger partial charge in [0.1, 0.15) is 0 Å². The predicted molar refractivity (Wildman–Crippen MR) is 136 cm³/mol. The maximum atomic E-state index is 11.8. The lowest BCUT2D eigenvalue weighted by molar-refractivity contribution is 0.467. The van der Waals surface area contributed by atoms with Crippen LogP contribution in [0.15, 0.2) is 73.5 Å². The third-order valence-electron chi connectivity index (χ3n) is 4.14. The van der Waals surface area contributed by atoms with E-state index in [0.29, 0.717) is 39.7 Å². The molecular formula is C20H10Br4N2O6. The number of benzene rings is 2. The van der Waals surface area contributed by atoms with Crippen LogP contribution in [0.4, 0.5) is 0 Å². The number of aromatic hydroxyl groups is 2. The van der Waals surface area contributed by atoms with Crippen LogP contribution in [0, 0.1) is 0 Å². The zero-order chi connectivity index (χ0) is 23.7. The van der Waals surface area contributed by atoms with E-state index in [2.05, 4.69) is 73.7 Å². The fourth-order valence-electron chi connectivity index (χ4n) is 2.71. The molecule has 0 saturated heterocycles. The van der Waals surface area contributed by atoms with Crippen LogP contribution in [-0.4, -0.2) is 20.2 Å². The monoisotopic (exact) mass is 690 g/mol. The average molecular weight is 694 g/mol. The highest BCUT2D eigenvalue weighted by molar-refractivity contribution is 9.13. The number of fused-ring (bicyclic) bond motifs is 2. The van der Waals surface area contributed by atoms with Gasteiger partial charge in [-0.1, -0.05) is 15.9 Å². The van der Waals surface area contributed by atoms with Crippen molar-refractivity contribution in [3.8, 4) is 11.5 Å². The number of aromatic amines is 2. The first-order chi connectivity index (χ1) is 15.0. The highest BCUT2D eigenvalue weighted by Crippen LogP contribution is 2.28. The van der Waals surface area contributed by atoms with Gasteiger partial charge in [0, 0.05) is 30.0 Å². The lowest BCUT2D eigenvalue weighted by Crippen LogP contribution is -2.00. The Bertz CT molecular complexity index is 1630. The van der Waals surface area contributed by atoms with Crippen LogP contribution in [-0.2, 0) is 0 Å². The standard InChI is InChI=1S/2C10H5Br2NO3/c11-4-1-5(12)9-6(2-4)13-10(16)8(15)3-7(9)14;11-4-1-2-5-8(9(4)12)6(14)3-7(15)10(16)13-5/h2*1-3,15H,(H,13,16). The third-order valence-corrected chi connectivity index (χ3v) is 7.24. The molecule has 0 bridgehead atoms. The normalized spacial score (nSPS) is 10.6. The molecule has 12 heteroatoms. The summed E-state index contributed by atoms with van der Waals surface area (Å²) in [5.41, 5.74) is -1.52. The van der Waals surface area contributed by atoms with E-state index in [9.17, 15) is 29.4 Å². The minimum absolute atomic E-state index is 0.312. The molecule has 0 radical (unpaired) electrons. The van der Waals surface area contributed by atoms with Crippen LogP contribution < -0.4 is 22.0 Å². The Kier molecular flexibility index (Phi) is 7.38. The van der Waals surface area contributed by atoms with E-state index in [1.54, 1.807) is 24.3 Å². The van der Waals surface area contributed by atoms with Gasteiger partial charge in [0.05, 0.1) is 21.8 Å². The summed E-state index contributed by atoms with van der Waals surface area (Å²) in [5.74, 6) is -1.19. The molecule has 4 rings (SSSR count). The van der Waals surface area contributed by atoms with Gasteiger partial charge >= 0.3 is 0 Å². The van der Waals surface area contributed by atoms with E-state index in [1.165, 1.54) is 0 Å². The number of hydrogen-bond acceptors (Lipinski definition) is 6. The van der Waals surface area contributed by atoms with E-state index in [1.807, 2.05) is 0 Å². The molecule has 32 heavy (non-hydrogen) atoms. The lowest BCUT2D eigenvalue weighted by Gasteiger charge is -1.97. The maximum Gasteiger partial charge on any atom is 0.290 e. The molecule has 2 aromatic heterocycles. The van der Waals surface area contributed by atoms with E-state index < -0.39 is 33.5 Å². The first kappa shape index (κ1) is 24.4. The van der Waals surface area contributed by atoms with Crippen molar-refractivity contribution in [3.63, 3.8) is 0 Å². The van der Waals surface area contributed by atoms with Gasteiger partial charge in [-0.25, -0.2) is 0 Å². The van der Waals surface area contributed by atoms with Crippen LogP contribution in [0.25, 0.3) is 21.8 Å². The first-order valence-electron chi connectivity index (χ1n) is 8.49. The second-order valence-electron chi connectivity index (χ2n) is 6.29. The van der Waals surface area contributed by atoms with Crippen molar-refractivity contribution in [2.24, 2.45) is 0 Å². The topological polar surface area (TPSA) is 140 Å². The van der Waals surface area contributed by atoms with Crippen molar-refractivity contribution in [1.29, 1.82) is 0 Å². The molecule has 0 aliphatic rings. The zero-order valence-electron chi connectivity index (χ0n) is 15.5. The molecule has 0 saturated carbocycles. The van der Waals surface area contributed by atoms with Crippen molar-refractivity contribution in [1.82, 2.24) is 9.97 Å². The maximum absolute atomic E-state index is 11.8. The Morgan fingerprint density at radius 1 is 0.625 bits per heavy atom. The van der Waals surface area contributed by atoms with Gasteiger partial charge in [0.15, 0.2) is 22.4 Å². The Balaban J connectivity index is 0.000000181. The van der Waals surface area contributed by atoms with Crippen molar-refractivity contribution in [3.05, 3.63) is 95.4 Å². The summed E-state index contributed by atoms with van der Waals surface area (Å²) in [4.78, 5) is 51.0. The minimum Gasteiger partial charge on any atom is -0.503 e. The van der Waals surface area contributed by atoms with E-state index in [-0.39, 0.29) is 0 Å². The summed E-state index contributed by atoms with van der Waals surface area (Å²) in [6.45, 7) is 0. The van der Waals surface area contributed by atoms with Gasteiger partial charge in [0.2, 0.25) is 0 Å². The Labute approximate surface area is 211 Å². The molecule has 0 aliphatic carbocycles. The Morgan fingerprint density at radius 3 is 1.75 bits per heavy atom. The van der Waals surface area contributed by atoms with Crippen molar-refractivity contribution < 1.29 is 10.2 Å². The molecule has 0 atom stereocenters. The number of H-pyrrole nitrogens is 2. The smallest absolute Gasteiger partial charge is 0.290 e. The Morgan fingerprint density at radius 2 is 1.16 bits per heavy atom. The molecule has 0 spiro atoms. The lowest BCUT2D eigenvalue weighted by atomic mass is 10.2. The van der Waals surface area contributed by atoms with Crippen LogP contribution in [0.1, 0.15) is 0 Å². The molecule has 164 valence electrons. The summed E-state index contributed by atoms with van der Waals surface area (Å²) in [6.07, 6.45) is 0. The number of hydrogen-bond donors (Lipinski definition) is 4. The quantitative estimate of drug-likeness (QED) is 0.217. The first-order valence-corrected chi connectivity index (χ1v) is 11.7. The van der Waals surface area contributed by atoms with Crippen molar-refractivity contribution in [2.45, 2.75) is 0 Å². The molecule has 0 aliphatic heterocycles. The summed E-state index contributed by atoms with van der Waals surface area (Å²) >= 11 is 13.0. The molecule has 4 N–H and O–H groups in total. The number of rotatable bonds is 0. The molecule has 2 heterocycles. The summed E-state index contributed by atoms with van der Waals surface area (Å²) in [7, 11) is 0. The molecule has 4 aromatic rings. The van der Waals surface area contributed by atoms with Gasteiger partial charge in [0.25, 0.3) is 11.1 Å². The van der Waals surface area contributed by atoms with Gasteiger partial charge < -0.3 is 20.2 Å². The average Bonchev–Trinajstić information content (AvgIpc) is 2.87. The van der Waals surface area contributed by atoms with Gasteiger partial charge in [-0.2, -0.15) is 0 Å². The van der Waals surface area contributed by atoms with Crippen LogP contribution in [0.3, 0.4) is 0 Å². The molecule has 8 nitrogen and oxygen atoms in total. The van der Waals surface area contributed by atoms with Crippen LogP contribution >= 0.6 is 63.7 Å². The summed E-state index contributed by atoms with van der Waals surface area (Å²) in [6, 6.07) is 8.38. The summed E-state index contributed by atoms with van der Waals surface area (Å²) < 4.78 is 2.51. The highest BCUT2D eigenvalue weighted by Gasteiger charge is 2.09. The largest absolute Gasteiger partial charge is 0.503 e. The molecule has 0 amide bonds. The van der Waals surface area contributed by atoms with Gasteiger partial charge in [-0.05, 0) is 72.1 Å². The summed E-state index contributed by atoms with van der Waals surface area (Å²) in [5, 5.41) is 19.2. The van der Waals surface area contributed by atoms with E-state index in [4.69, 9.17) is 0 Å². The van der Waals surface area contributed by atoms with E-state index in [0.717, 1.165) is 12.1 Å². The molecule has 2 aromatic carbocycles. The second kappa shape index (κ2) is 9.69. The SMILES string of the molecule is O=c1[nH]c2cc(Br)cc(Br)c2c(=O)cc1O.O=c1[nH]c2ccc(Br)c(Br)c2c(=O)cc1O. The number of nitrogens with one attached hydrogen (secondary N) is 2. The predicted octanol–water partition coefficient (Wildman–Crippen LogP) is 4.24. The number of aromatic nitrogens is 2. The minimum atomic E-state index is -0.697. The fourth-order valence-corrected chi connectivity index (χ4v) is 5.01. The van der Waals surface area contributed by atoms with Crippen molar-refractivity contribution in [2.75, 3.05) is 0 Å². The van der Waals surface area contributed by atoms with Gasteiger partial charge in [-0.15, -0.1) is 0 Å². The van der Waals surface area contributed by atoms with Crippen LogP contribution in [0.5, 0.6) is 11.5 Å². The molecule has 0 unspecified atom stereocenters. The Hall–Kier alpha value is -2.28. The number of halogens is 4. The highest BCUT2D eigenvalue weighted by atomic mass is 79.9. The second-order valence-corrected chi connectivity index (χ2v) is 9.71. The van der Waals surface area contributed by atoms with Crippen LogP contribution in [0.2, 0.25) is 0 Å². The third kappa shape index (κ3) is 5.03. The van der Waals surface area contributed by atoms with E-state index >= 15 is 0 Å². The zero-order valence-corrected chi connectivity index (χ0v) is 21.8. The van der Waals surface area contributed by atoms with Gasteiger partial charge in [-0.3, -0.25) is 19.2 Å². The molecule has 0 fully saturated rings. The van der Waals surface area contributed by atoms with Crippen molar-refractivity contribution >= 4 is 85.5 Å². The fraction of sp³-hybridized carbons (Fsp3) is 0. The molecular weight excluding hydrogens is 684 g/mol.